The first-order chi connectivity index (χ1) is 13.5. The molecular weight excluding hydrogens is 400 g/mol. The summed E-state index contributed by atoms with van der Waals surface area (Å²) in [7, 11) is 0. The lowest BCUT2D eigenvalue weighted by molar-refractivity contribution is -0.141. The summed E-state index contributed by atoms with van der Waals surface area (Å²) in [4.78, 5) is 17.4. The van der Waals surface area contributed by atoms with E-state index < -0.39 is 35.9 Å². The summed E-state index contributed by atoms with van der Waals surface area (Å²) in [5, 5.41) is 2.69. The van der Waals surface area contributed by atoms with Crippen LogP contribution in [-0.2, 0) is 23.6 Å². The molecule has 10 heteroatoms. The summed E-state index contributed by atoms with van der Waals surface area (Å²) >= 11 is 0. The van der Waals surface area contributed by atoms with E-state index in [0.717, 1.165) is 18.3 Å². The molecule has 1 N–H and O–H groups in total. The molecule has 156 valence electrons. The van der Waals surface area contributed by atoms with Crippen LogP contribution in [0.5, 0.6) is 0 Å². The maximum Gasteiger partial charge on any atom is 0.433 e. The molecule has 2 aromatic rings. The molecule has 1 aromatic carbocycles. The zero-order chi connectivity index (χ0) is 21.2. The number of pyridine rings is 1. The van der Waals surface area contributed by atoms with Crippen LogP contribution in [0, 0.1) is 0 Å². The molecule has 1 aliphatic rings. The molecule has 2 heterocycles. The number of aromatic nitrogens is 1. The van der Waals surface area contributed by atoms with Gasteiger partial charge in [0.1, 0.15) is 5.69 Å². The summed E-state index contributed by atoms with van der Waals surface area (Å²) in [5.74, 6) is -0.543. The maximum atomic E-state index is 13.0. The Morgan fingerprint density at radius 3 is 2.41 bits per heavy atom. The SMILES string of the molecule is O=C(Cc1ccccc1C(F)(F)F)N[C@@H]1CCN(c2ccc(C(F)(F)F)nc2)C1. The van der Waals surface area contributed by atoms with Gasteiger partial charge in [0.25, 0.3) is 0 Å². The first-order valence-electron chi connectivity index (χ1n) is 8.76. The smallest absolute Gasteiger partial charge is 0.368 e. The molecule has 0 bridgehead atoms. The Balaban J connectivity index is 1.59. The van der Waals surface area contributed by atoms with Crippen molar-refractivity contribution in [1.82, 2.24) is 10.3 Å². The second-order valence-electron chi connectivity index (χ2n) is 6.73. The third-order valence-electron chi connectivity index (χ3n) is 4.63. The van der Waals surface area contributed by atoms with Gasteiger partial charge in [-0.2, -0.15) is 26.3 Å². The van der Waals surface area contributed by atoms with Crippen LogP contribution in [0.3, 0.4) is 0 Å². The lowest BCUT2D eigenvalue weighted by Gasteiger charge is -2.19. The van der Waals surface area contributed by atoms with Gasteiger partial charge in [-0.05, 0) is 30.2 Å². The Labute approximate surface area is 162 Å². The van der Waals surface area contributed by atoms with E-state index in [2.05, 4.69) is 10.3 Å². The van der Waals surface area contributed by atoms with Gasteiger partial charge in [0.15, 0.2) is 0 Å². The predicted molar refractivity (Wildman–Crippen MR) is 93.1 cm³/mol. The van der Waals surface area contributed by atoms with Crippen LogP contribution in [0.4, 0.5) is 32.0 Å². The summed E-state index contributed by atoms with van der Waals surface area (Å²) in [6.45, 7) is 0.816. The highest BCUT2D eigenvalue weighted by atomic mass is 19.4. The fourth-order valence-corrected chi connectivity index (χ4v) is 3.26. The summed E-state index contributed by atoms with van der Waals surface area (Å²) in [6, 6.07) is 6.76. The van der Waals surface area contributed by atoms with Crippen LogP contribution >= 0.6 is 0 Å². The van der Waals surface area contributed by atoms with Gasteiger partial charge in [-0.1, -0.05) is 18.2 Å². The number of nitrogens with one attached hydrogen (secondary N) is 1. The minimum atomic E-state index is -4.55. The zero-order valence-corrected chi connectivity index (χ0v) is 15.0. The van der Waals surface area contributed by atoms with Crippen molar-refractivity contribution in [3.63, 3.8) is 0 Å². The maximum absolute atomic E-state index is 13.0. The molecule has 4 nitrogen and oxygen atoms in total. The molecule has 29 heavy (non-hydrogen) atoms. The topological polar surface area (TPSA) is 45.2 Å². The predicted octanol–water partition coefficient (Wildman–Crippen LogP) is 4.06. The molecule has 1 atom stereocenters. The lowest BCUT2D eigenvalue weighted by Crippen LogP contribution is -2.38. The Hall–Kier alpha value is -2.78. The zero-order valence-electron chi connectivity index (χ0n) is 15.0. The van der Waals surface area contributed by atoms with Crippen LogP contribution in [0.15, 0.2) is 42.6 Å². The van der Waals surface area contributed by atoms with E-state index >= 15 is 0 Å². The van der Waals surface area contributed by atoms with E-state index in [1.807, 2.05) is 0 Å². The number of hydrogen-bond donors (Lipinski definition) is 1. The Morgan fingerprint density at radius 1 is 1.07 bits per heavy atom. The number of rotatable bonds is 4. The van der Waals surface area contributed by atoms with Crippen molar-refractivity contribution in [3.8, 4) is 0 Å². The number of carbonyl (C=O) groups is 1. The van der Waals surface area contributed by atoms with Crippen LogP contribution in [-0.4, -0.2) is 30.0 Å². The van der Waals surface area contributed by atoms with Crippen molar-refractivity contribution in [2.75, 3.05) is 18.0 Å². The molecule has 0 unspecified atom stereocenters. The van der Waals surface area contributed by atoms with Gasteiger partial charge in [-0.15, -0.1) is 0 Å². The Morgan fingerprint density at radius 2 is 1.79 bits per heavy atom. The highest BCUT2D eigenvalue weighted by molar-refractivity contribution is 5.79. The highest BCUT2D eigenvalue weighted by Crippen LogP contribution is 2.32. The molecule has 1 aliphatic heterocycles. The average Bonchev–Trinajstić information content (AvgIpc) is 3.09. The van der Waals surface area contributed by atoms with Crippen molar-refractivity contribution >= 4 is 11.6 Å². The molecule has 0 saturated carbocycles. The molecule has 1 aromatic heterocycles. The van der Waals surface area contributed by atoms with E-state index in [9.17, 15) is 31.1 Å². The van der Waals surface area contributed by atoms with Crippen LogP contribution in [0.25, 0.3) is 0 Å². The second kappa shape index (κ2) is 7.92. The number of anilines is 1. The van der Waals surface area contributed by atoms with Crippen LogP contribution in [0.2, 0.25) is 0 Å². The molecule has 3 rings (SSSR count). The molecule has 0 aliphatic carbocycles. The molecule has 1 amide bonds. The quantitative estimate of drug-likeness (QED) is 0.764. The van der Waals surface area contributed by atoms with Gasteiger partial charge in [0.2, 0.25) is 5.91 Å². The number of carbonyl (C=O) groups excluding carboxylic acids is 1. The monoisotopic (exact) mass is 417 g/mol. The third kappa shape index (κ3) is 5.18. The number of benzene rings is 1. The van der Waals surface area contributed by atoms with E-state index in [1.54, 1.807) is 4.90 Å². The fraction of sp³-hybridized carbons (Fsp3) is 0.368. The van der Waals surface area contributed by atoms with E-state index in [-0.39, 0.29) is 11.6 Å². The number of halogens is 6. The van der Waals surface area contributed by atoms with Crippen molar-refractivity contribution in [1.29, 1.82) is 0 Å². The summed E-state index contributed by atoms with van der Waals surface area (Å²) in [5.41, 5.74) is -1.47. The summed E-state index contributed by atoms with van der Waals surface area (Å²) < 4.78 is 76.9. The molecular formula is C19H17F6N3O. The van der Waals surface area contributed by atoms with Gasteiger partial charge in [-0.3, -0.25) is 4.79 Å². The largest absolute Gasteiger partial charge is 0.433 e. The summed E-state index contributed by atoms with van der Waals surface area (Å²) in [6.07, 6.45) is -7.84. The van der Waals surface area contributed by atoms with Gasteiger partial charge < -0.3 is 10.2 Å². The first kappa shape index (κ1) is 20.9. The molecule has 1 fully saturated rings. The van der Waals surface area contributed by atoms with Gasteiger partial charge in [0, 0.05) is 19.1 Å². The minimum absolute atomic E-state index is 0.112. The standard InChI is InChI=1S/C19H17F6N3O/c20-18(21,22)15-4-2-1-3-12(15)9-17(29)27-13-7-8-28(11-13)14-5-6-16(26-10-14)19(23,24)25/h1-6,10,13H,7-9,11H2,(H,27,29)/t13-/m1/s1. The lowest BCUT2D eigenvalue weighted by atomic mass is 10.0. The Bertz CT molecular complexity index is 863. The molecule has 1 saturated heterocycles. The normalized spacial score (nSPS) is 17.4. The molecule has 0 radical (unpaired) electrons. The number of nitrogens with zero attached hydrogens (tertiary/aromatic N) is 2. The van der Waals surface area contributed by atoms with Gasteiger partial charge in [0.05, 0.1) is 23.9 Å². The van der Waals surface area contributed by atoms with Crippen molar-refractivity contribution in [2.45, 2.75) is 31.2 Å². The van der Waals surface area contributed by atoms with E-state index in [0.29, 0.717) is 25.2 Å². The first-order valence-corrected chi connectivity index (χ1v) is 8.76. The van der Waals surface area contributed by atoms with E-state index in [4.69, 9.17) is 0 Å². The van der Waals surface area contributed by atoms with Crippen molar-refractivity contribution in [2.24, 2.45) is 0 Å². The van der Waals surface area contributed by atoms with Crippen molar-refractivity contribution < 1.29 is 31.1 Å². The number of amides is 1. The Kier molecular flexibility index (Phi) is 5.72. The van der Waals surface area contributed by atoms with Gasteiger partial charge in [-0.25, -0.2) is 4.98 Å². The fourth-order valence-electron chi connectivity index (χ4n) is 3.26. The van der Waals surface area contributed by atoms with E-state index in [1.165, 1.54) is 24.3 Å². The number of alkyl halides is 6. The highest BCUT2D eigenvalue weighted by Gasteiger charge is 2.34. The number of hydrogen-bond acceptors (Lipinski definition) is 3. The molecule has 0 spiro atoms. The van der Waals surface area contributed by atoms with Gasteiger partial charge >= 0.3 is 12.4 Å². The van der Waals surface area contributed by atoms with Crippen LogP contribution in [0.1, 0.15) is 23.2 Å². The van der Waals surface area contributed by atoms with Crippen molar-refractivity contribution in [3.05, 3.63) is 59.4 Å². The average molecular weight is 417 g/mol. The minimum Gasteiger partial charge on any atom is -0.368 e. The third-order valence-corrected chi connectivity index (χ3v) is 4.63. The second-order valence-corrected chi connectivity index (χ2v) is 6.73. The van der Waals surface area contributed by atoms with Crippen LogP contribution < -0.4 is 10.2 Å².